The van der Waals surface area contributed by atoms with Crippen LogP contribution in [0.25, 0.3) is 0 Å². The van der Waals surface area contributed by atoms with Crippen LogP contribution in [0.1, 0.15) is 38.3 Å². The number of carbonyl (C=O) groups excluding carboxylic acids is 1. The summed E-state index contributed by atoms with van der Waals surface area (Å²) in [5.74, 6) is 0. The smallest absolute Gasteiger partial charge is 0.408 e. The molecule has 0 fully saturated rings. The maximum Gasteiger partial charge on any atom is 0.408 e. The van der Waals surface area contributed by atoms with Gasteiger partial charge >= 0.3 is 6.09 Å². The molecule has 1 atom stereocenters. The lowest BCUT2D eigenvalue weighted by atomic mass is 10.0. The highest BCUT2D eigenvalue weighted by molar-refractivity contribution is 5.68. The van der Waals surface area contributed by atoms with Crippen LogP contribution in [0.2, 0.25) is 0 Å². The van der Waals surface area contributed by atoms with Crippen LogP contribution in [0.4, 0.5) is 4.79 Å². The fourth-order valence-electron chi connectivity index (χ4n) is 2.65. The van der Waals surface area contributed by atoms with Gasteiger partial charge in [0.15, 0.2) is 0 Å². The van der Waals surface area contributed by atoms with E-state index < -0.39 is 5.60 Å². The summed E-state index contributed by atoms with van der Waals surface area (Å²) in [6.45, 7) is 5.61. The number of nitrogens with one attached hydrogen (secondary N) is 1. The SMILES string of the molecule is CC(C)(C)OC(=O)N[C@H](/C=C\CCc1ccccc1)Cc1ccccc1. The standard InChI is InChI=1S/C23H29NO2/c1-23(2,3)26-22(25)24-21(18-20-15-8-5-9-16-20)17-11-10-14-19-12-6-4-7-13-19/h4-9,11-13,15-17,21H,10,14,18H2,1-3H3,(H,24,25)/b17-11-/t21-/m1/s1. The lowest BCUT2D eigenvalue weighted by Gasteiger charge is -2.22. The van der Waals surface area contributed by atoms with E-state index in [2.05, 4.69) is 53.9 Å². The minimum absolute atomic E-state index is 0.0944. The first-order valence-corrected chi connectivity index (χ1v) is 9.16. The van der Waals surface area contributed by atoms with Crippen molar-refractivity contribution in [1.29, 1.82) is 0 Å². The predicted octanol–water partition coefficient (Wildman–Crippen LogP) is 5.31. The van der Waals surface area contributed by atoms with Crippen molar-refractivity contribution in [3.63, 3.8) is 0 Å². The van der Waals surface area contributed by atoms with E-state index in [1.165, 1.54) is 11.1 Å². The molecule has 138 valence electrons. The Morgan fingerprint density at radius 1 is 1.00 bits per heavy atom. The van der Waals surface area contributed by atoms with E-state index in [1.54, 1.807) is 0 Å². The molecule has 1 N–H and O–H groups in total. The summed E-state index contributed by atoms with van der Waals surface area (Å²) in [6.07, 6.45) is 6.48. The summed E-state index contributed by atoms with van der Waals surface area (Å²) in [7, 11) is 0. The van der Waals surface area contributed by atoms with Crippen LogP contribution in [-0.4, -0.2) is 17.7 Å². The Labute approximate surface area is 157 Å². The molecular weight excluding hydrogens is 322 g/mol. The van der Waals surface area contributed by atoms with Crippen LogP contribution in [0.3, 0.4) is 0 Å². The first-order chi connectivity index (χ1) is 12.4. The van der Waals surface area contributed by atoms with E-state index in [9.17, 15) is 4.79 Å². The number of amides is 1. The Hall–Kier alpha value is -2.55. The number of hydrogen-bond acceptors (Lipinski definition) is 2. The molecule has 0 bridgehead atoms. The van der Waals surface area contributed by atoms with Crippen molar-refractivity contribution in [2.24, 2.45) is 0 Å². The monoisotopic (exact) mass is 351 g/mol. The predicted molar refractivity (Wildman–Crippen MR) is 107 cm³/mol. The number of allylic oxidation sites excluding steroid dienone is 1. The summed E-state index contributed by atoms with van der Waals surface area (Å²) in [5, 5.41) is 2.97. The second kappa shape index (κ2) is 9.81. The average Bonchev–Trinajstić information content (AvgIpc) is 2.59. The lowest BCUT2D eigenvalue weighted by Crippen LogP contribution is -2.39. The van der Waals surface area contributed by atoms with E-state index >= 15 is 0 Å². The van der Waals surface area contributed by atoms with E-state index in [0.717, 1.165) is 19.3 Å². The Morgan fingerprint density at radius 2 is 1.58 bits per heavy atom. The van der Waals surface area contributed by atoms with Gasteiger partial charge < -0.3 is 10.1 Å². The van der Waals surface area contributed by atoms with E-state index in [1.807, 2.05) is 45.0 Å². The van der Waals surface area contributed by atoms with Gasteiger partial charge in [-0.15, -0.1) is 0 Å². The Morgan fingerprint density at radius 3 is 2.15 bits per heavy atom. The lowest BCUT2D eigenvalue weighted by molar-refractivity contribution is 0.0514. The van der Waals surface area contributed by atoms with Gasteiger partial charge in [0, 0.05) is 0 Å². The van der Waals surface area contributed by atoms with E-state index in [-0.39, 0.29) is 12.1 Å². The van der Waals surface area contributed by atoms with Crippen molar-refractivity contribution in [2.45, 2.75) is 51.7 Å². The third-order valence-corrected chi connectivity index (χ3v) is 3.81. The van der Waals surface area contributed by atoms with Gasteiger partial charge in [0.2, 0.25) is 0 Å². The normalized spacial score (nSPS) is 12.7. The number of aryl methyl sites for hydroxylation is 1. The van der Waals surface area contributed by atoms with E-state index in [4.69, 9.17) is 4.74 Å². The number of hydrogen-bond donors (Lipinski definition) is 1. The van der Waals surface area contributed by atoms with Crippen molar-refractivity contribution in [1.82, 2.24) is 5.32 Å². The average molecular weight is 351 g/mol. The Balaban J connectivity index is 1.95. The zero-order valence-corrected chi connectivity index (χ0v) is 15.9. The second-order valence-electron chi connectivity index (χ2n) is 7.39. The molecule has 3 nitrogen and oxygen atoms in total. The molecule has 0 aromatic heterocycles. The van der Waals surface area contributed by atoms with Gasteiger partial charge in [-0.25, -0.2) is 4.79 Å². The number of carbonyl (C=O) groups is 1. The van der Waals surface area contributed by atoms with Crippen molar-refractivity contribution >= 4 is 6.09 Å². The number of benzene rings is 2. The molecule has 2 aromatic carbocycles. The van der Waals surface area contributed by atoms with Crippen molar-refractivity contribution in [2.75, 3.05) is 0 Å². The summed E-state index contributed by atoms with van der Waals surface area (Å²) in [5.41, 5.74) is 2.00. The zero-order valence-electron chi connectivity index (χ0n) is 15.9. The maximum absolute atomic E-state index is 12.1. The third kappa shape index (κ3) is 8.02. The molecule has 3 heteroatoms. The first kappa shape index (κ1) is 19.8. The topological polar surface area (TPSA) is 38.3 Å². The van der Waals surface area contributed by atoms with Gasteiger partial charge in [0.25, 0.3) is 0 Å². The third-order valence-electron chi connectivity index (χ3n) is 3.81. The molecule has 2 rings (SSSR count). The Kier molecular flexibility index (Phi) is 7.46. The highest BCUT2D eigenvalue weighted by Crippen LogP contribution is 2.10. The van der Waals surface area contributed by atoms with Gasteiger partial charge in [-0.3, -0.25) is 0 Å². The highest BCUT2D eigenvalue weighted by atomic mass is 16.6. The first-order valence-electron chi connectivity index (χ1n) is 9.16. The molecule has 0 unspecified atom stereocenters. The number of rotatable bonds is 7. The maximum atomic E-state index is 12.1. The number of ether oxygens (including phenoxy) is 1. The molecule has 0 saturated carbocycles. The van der Waals surface area contributed by atoms with Gasteiger partial charge in [0.1, 0.15) is 5.60 Å². The van der Waals surface area contributed by atoms with Crippen molar-refractivity contribution in [3.8, 4) is 0 Å². The Bertz CT molecular complexity index is 687. The molecule has 0 heterocycles. The molecule has 0 radical (unpaired) electrons. The van der Waals surface area contributed by atoms with Gasteiger partial charge in [0.05, 0.1) is 6.04 Å². The van der Waals surface area contributed by atoms with Crippen molar-refractivity contribution < 1.29 is 9.53 Å². The largest absolute Gasteiger partial charge is 0.444 e. The van der Waals surface area contributed by atoms with Crippen LogP contribution in [-0.2, 0) is 17.6 Å². The minimum atomic E-state index is -0.502. The molecule has 26 heavy (non-hydrogen) atoms. The molecule has 2 aromatic rings. The molecule has 0 saturated heterocycles. The van der Waals surface area contributed by atoms with E-state index in [0.29, 0.717) is 0 Å². The summed E-state index contributed by atoms with van der Waals surface area (Å²) < 4.78 is 5.40. The summed E-state index contributed by atoms with van der Waals surface area (Å²) >= 11 is 0. The van der Waals surface area contributed by atoms with Gasteiger partial charge in [-0.05, 0) is 51.2 Å². The molecule has 0 aliphatic rings. The van der Waals surface area contributed by atoms with Gasteiger partial charge in [-0.2, -0.15) is 0 Å². The number of alkyl carbamates (subject to hydrolysis) is 1. The molecule has 0 aliphatic heterocycles. The highest BCUT2D eigenvalue weighted by Gasteiger charge is 2.18. The summed E-state index contributed by atoms with van der Waals surface area (Å²) in [4.78, 5) is 12.1. The zero-order chi connectivity index (χ0) is 18.8. The quantitative estimate of drug-likeness (QED) is 0.686. The van der Waals surface area contributed by atoms with Crippen LogP contribution in [0, 0.1) is 0 Å². The fourth-order valence-corrected chi connectivity index (χ4v) is 2.65. The molecule has 1 amide bonds. The summed E-state index contributed by atoms with van der Waals surface area (Å²) in [6, 6.07) is 20.5. The van der Waals surface area contributed by atoms with Crippen LogP contribution >= 0.6 is 0 Å². The van der Waals surface area contributed by atoms with Crippen LogP contribution in [0.15, 0.2) is 72.8 Å². The second-order valence-corrected chi connectivity index (χ2v) is 7.39. The molecule has 0 spiro atoms. The fraction of sp³-hybridized carbons (Fsp3) is 0.348. The molecular formula is C23H29NO2. The molecule has 0 aliphatic carbocycles. The minimum Gasteiger partial charge on any atom is -0.444 e. The van der Waals surface area contributed by atoms with Crippen LogP contribution < -0.4 is 5.32 Å². The van der Waals surface area contributed by atoms with Crippen molar-refractivity contribution in [3.05, 3.63) is 83.9 Å². The van der Waals surface area contributed by atoms with Crippen LogP contribution in [0.5, 0.6) is 0 Å². The van der Waals surface area contributed by atoms with Gasteiger partial charge in [-0.1, -0.05) is 72.8 Å².